The van der Waals surface area contributed by atoms with Gasteiger partial charge in [-0.15, -0.1) is 5.92 Å². The van der Waals surface area contributed by atoms with Crippen LogP contribution in [0.3, 0.4) is 0 Å². The molecule has 0 aromatic carbocycles. The van der Waals surface area contributed by atoms with Crippen LogP contribution in [0.2, 0.25) is 0 Å². The molecule has 2 rings (SSSR count). The fourth-order valence-electron chi connectivity index (χ4n) is 3.29. The Morgan fingerprint density at radius 2 is 2.04 bits per heavy atom. The van der Waals surface area contributed by atoms with E-state index in [1.165, 1.54) is 4.57 Å². The van der Waals surface area contributed by atoms with E-state index >= 15 is 0 Å². The Labute approximate surface area is 149 Å². The summed E-state index contributed by atoms with van der Waals surface area (Å²) in [7, 11) is 0. The molecule has 138 valence electrons. The van der Waals surface area contributed by atoms with Gasteiger partial charge >= 0.3 is 5.69 Å². The van der Waals surface area contributed by atoms with E-state index in [4.69, 9.17) is 5.73 Å². The predicted molar refractivity (Wildman–Crippen MR) is 102 cm³/mol. The summed E-state index contributed by atoms with van der Waals surface area (Å²) in [5.74, 6) is 6.45. The zero-order valence-corrected chi connectivity index (χ0v) is 15.5. The highest BCUT2D eigenvalue weighted by atomic mass is 16.2. The van der Waals surface area contributed by atoms with Crippen molar-refractivity contribution in [2.24, 2.45) is 5.73 Å². The van der Waals surface area contributed by atoms with E-state index in [9.17, 15) is 9.59 Å². The second-order valence-electron chi connectivity index (χ2n) is 6.70. The molecule has 0 amide bonds. The molecule has 0 unspecified atom stereocenters. The van der Waals surface area contributed by atoms with Crippen LogP contribution in [0.15, 0.2) is 15.7 Å². The summed E-state index contributed by atoms with van der Waals surface area (Å²) >= 11 is 0. The number of aromatic nitrogens is 2. The van der Waals surface area contributed by atoms with Crippen LogP contribution in [0.1, 0.15) is 52.4 Å². The number of unbranched alkanes of at least 4 members (excludes halogenated alkanes) is 3. The highest BCUT2D eigenvalue weighted by molar-refractivity contribution is 5.40. The summed E-state index contributed by atoms with van der Waals surface area (Å²) in [5.41, 5.74) is 5.58. The van der Waals surface area contributed by atoms with Crippen LogP contribution >= 0.6 is 0 Å². The molecular formula is C19H30N4O2. The van der Waals surface area contributed by atoms with Crippen molar-refractivity contribution in [2.45, 2.75) is 71.5 Å². The van der Waals surface area contributed by atoms with Gasteiger partial charge in [-0.05, 0) is 26.2 Å². The Bertz CT molecular complexity index is 739. The third kappa shape index (κ3) is 4.99. The highest BCUT2D eigenvalue weighted by Gasteiger charge is 2.21. The SMILES string of the molecule is CC#CCn1c(N2CCC[C@@H](N)C2)cc(=O)n(CCCCCC)c1=O. The molecule has 1 aliphatic heterocycles. The van der Waals surface area contributed by atoms with Crippen LogP contribution in [0.5, 0.6) is 0 Å². The standard InChI is InChI=1S/C19H30N4O2/c1-3-5-7-8-13-23-18(24)14-17(21-11-9-10-16(20)15-21)22(19(23)25)12-6-4-2/h14,16H,3,5,7-13,15,20H2,1-2H3/t16-/m1/s1. The van der Waals surface area contributed by atoms with Crippen molar-refractivity contribution in [3.8, 4) is 11.8 Å². The quantitative estimate of drug-likeness (QED) is 0.600. The number of anilines is 1. The summed E-state index contributed by atoms with van der Waals surface area (Å²) < 4.78 is 2.97. The first-order chi connectivity index (χ1) is 12.1. The normalized spacial score (nSPS) is 17.2. The zero-order valence-electron chi connectivity index (χ0n) is 15.5. The molecule has 6 nitrogen and oxygen atoms in total. The van der Waals surface area contributed by atoms with Crippen LogP contribution < -0.4 is 21.9 Å². The van der Waals surface area contributed by atoms with Crippen molar-refractivity contribution in [3.05, 3.63) is 26.9 Å². The van der Waals surface area contributed by atoms with Crippen molar-refractivity contribution < 1.29 is 0 Å². The minimum Gasteiger partial charge on any atom is -0.356 e. The summed E-state index contributed by atoms with van der Waals surface area (Å²) in [5, 5.41) is 0. The van der Waals surface area contributed by atoms with Gasteiger partial charge in [0.25, 0.3) is 5.56 Å². The van der Waals surface area contributed by atoms with Crippen LogP contribution in [0.4, 0.5) is 5.82 Å². The van der Waals surface area contributed by atoms with Crippen molar-refractivity contribution in [1.29, 1.82) is 0 Å². The van der Waals surface area contributed by atoms with Crippen molar-refractivity contribution in [2.75, 3.05) is 18.0 Å². The Kier molecular flexibility index (Phi) is 7.32. The van der Waals surface area contributed by atoms with Crippen LogP contribution in [-0.4, -0.2) is 28.3 Å². The molecule has 1 fully saturated rings. The Morgan fingerprint density at radius 1 is 1.24 bits per heavy atom. The lowest BCUT2D eigenvalue weighted by Crippen LogP contribution is -2.48. The number of rotatable bonds is 7. The average Bonchev–Trinajstić information content (AvgIpc) is 2.60. The van der Waals surface area contributed by atoms with Crippen molar-refractivity contribution >= 4 is 5.82 Å². The Balaban J connectivity index is 2.36. The predicted octanol–water partition coefficient (Wildman–Crippen LogP) is 1.54. The van der Waals surface area contributed by atoms with Gasteiger partial charge in [-0.2, -0.15) is 0 Å². The van der Waals surface area contributed by atoms with Gasteiger partial charge in [0.15, 0.2) is 0 Å². The van der Waals surface area contributed by atoms with Crippen LogP contribution in [-0.2, 0) is 13.1 Å². The van der Waals surface area contributed by atoms with E-state index in [1.807, 2.05) is 0 Å². The van der Waals surface area contributed by atoms with E-state index < -0.39 is 0 Å². The molecule has 0 spiro atoms. The van der Waals surface area contributed by atoms with E-state index in [2.05, 4.69) is 23.7 Å². The molecule has 1 aromatic heterocycles. The highest BCUT2D eigenvalue weighted by Crippen LogP contribution is 2.17. The fraction of sp³-hybridized carbons (Fsp3) is 0.684. The van der Waals surface area contributed by atoms with E-state index in [-0.39, 0.29) is 17.3 Å². The van der Waals surface area contributed by atoms with Gasteiger partial charge in [0.1, 0.15) is 5.82 Å². The lowest BCUT2D eigenvalue weighted by atomic mass is 10.1. The minimum absolute atomic E-state index is 0.0750. The first-order valence-electron chi connectivity index (χ1n) is 9.33. The monoisotopic (exact) mass is 346 g/mol. The molecule has 2 N–H and O–H groups in total. The molecular weight excluding hydrogens is 316 g/mol. The third-order valence-electron chi connectivity index (χ3n) is 4.69. The Morgan fingerprint density at radius 3 is 2.72 bits per heavy atom. The van der Waals surface area contributed by atoms with Crippen LogP contribution in [0, 0.1) is 11.8 Å². The van der Waals surface area contributed by atoms with Gasteiger partial charge in [0, 0.05) is 31.7 Å². The zero-order chi connectivity index (χ0) is 18.2. The second kappa shape index (κ2) is 9.47. The fourth-order valence-corrected chi connectivity index (χ4v) is 3.29. The molecule has 1 aliphatic rings. The van der Waals surface area contributed by atoms with Gasteiger partial charge < -0.3 is 10.6 Å². The summed E-state index contributed by atoms with van der Waals surface area (Å²) in [6.07, 6.45) is 6.06. The maximum absolute atomic E-state index is 12.9. The molecule has 0 bridgehead atoms. The molecule has 1 atom stereocenters. The van der Waals surface area contributed by atoms with Crippen molar-refractivity contribution in [3.63, 3.8) is 0 Å². The molecule has 0 aliphatic carbocycles. The number of nitrogens with two attached hydrogens (primary N) is 1. The Hall–Kier alpha value is -2.00. The largest absolute Gasteiger partial charge is 0.356 e. The maximum atomic E-state index is 12.9. The molecule has 1 aromatic rings. The number of hydrogen-bond acceptors (Lipinski definition) is 4. The molecule has 0 saturated carbocycles. The first-order valence-corrected chi connectivity index (χ1v) is 9.33. The topological polar surface area (TPSA) is 73.3 Å². The third-order valence-corrected chi connectivity index (χ3v) is 4.69. The number of hydrogen-bond donors (Lipinski definition) is 1. The first kappa shape index (κ1) is 19.3. The molecule has 1 saturated heterocycles. The molecule has 2 heterocycles. The van der Waals surface area contributed by atoms with Gasteiger partial charge in [0.2, 0.25) is 0 Å². The van der Waals surface area contributed by atoms with Gasteiger partial charge in [0.05, 0.1) is 6.54 Å². The lowest BCUT2D eigenvalue weighted by Gasteiger charge is -2.33. The summed E-state index contributed by atoms with van der Waals surface area (Å²) in [4.78, 5) is 27.5. The maximum Gasteiger partial charge on any atom is 0.333 e. The second-order valence-corrected chi connectivity index (χ2v) is 6.70. The summed E-state index contributed by atoms with van der Waals surface area (Å²) in [6, 6.07) is 1.65. The van der Waals surface area contributed by atoms with Gasteiger partial charge in [-0.25, -0.2) is 4.79 Å². The van der Waals surface area contributed by atoms with Gasteiger partial charge in [-0.1, -0.05) is 32.1 Å². The van der Waals surface area contributed by atoms with E-state index in [1.54, 1.807) is 17.6 Å². The van der Waals surface area contributed by atoms with E-state index in [0.29, 0.717) is 25.5 Å². The van der Waals surface area contributed by atoms with Crippen LogP contribution in [0.25, 0.3) is 0 Å². The molecule has 25 heavy (non-hydrogen) atoms. The number of nitrogens with zero attached hydrogens (tertiary/aromatic N) is 3. The van der Waals surface area contributed by atoms with Crippen molar-refractivity contribution in [1.82, 2.24) is 9.13 Å². The average molecular weight is 346 g/mol. The molecule has 6 heteroatoms. The minimum atomic E-state index is -0.263. The number of piperidine rings is 1. The lowest BCUT2D eigenvalue weighted by molar-refractivity contribution is 0.484. The smallest absolute Gasteiger partial charge is 0.333 e. The van der Waals surface area contributed by atoms with Gasteiger partial charge in [-0.3, -0.25) is 13.9 Å². The van der Waals surface area contributed by atoms with E-state index in [0.717, 1.165) is 45.1 Å². The summed E-state index contributed by atoms with van der Waals surface area (Å²) in [6.45, 7) is 6.14. The molecule has 0 radical (unpaired) electrons.